The lowest BCUT2D eigenvalue weighted by Gasteiger charge is -2.37. The Morgan fingerprint density at radius 3 is 2.53 bits per heavy atom. The maximum atomic E-state index is 6.14. The van der Waals surface area contributed by atoms with Crippen LogP contribution in [0.4, 0.5) is 0 Å². The smallest absolute Gasteiger partial charge is 0.0114 e. The molecule has 2 heteroatoms. The van der Waals surface area contributed by atoms with Crippen LogP contribution in [0, 0.1) is 13.8 Å². The van der Waals surface area contributed by atoms with Crippen LogP contribution in [0.1, 0.15) is 42.4 Å². The highest BCUT2D eigenvalue weighted by Crippen LogP contribution is 2.35. The average molecular weight is 258 g/mol. The first kappa shape index (κ1) is 13.1. The Hall–Kier alpha value is -0.860. The van der Waals surface area contributed by atoms with Crippen molar-refractivity contribution in [2.75, 3.05) is 6.54 Å². The molecule has 1 aromatic rings. The van der Waals surface area contributed by atoms with E-state index in [1.807, 2.05) is 0 Å². The van der Waals surface area contributed by atoms with E-state index >= 15 is 0 Å². The summed E-state index contributed by atoms with van der Waals surface area (Å²) in [5.74, 6) is 0. The van der Waals surface area contributed by atoms with Crippen molar-refractivity contribution in [3.05, 3.63) is 34.9 Å². The molecule has 3 rings (SSSR count). The summed E-state index contributed by atoms with van der Waals surface area (Å²) in [4.78, 5) is 2.74. The second-order valence-corrected chi connectivity index (χ2v) is 6.53. The van der Waals surface area contributed by atoms with Crippen molar-refractivity contribution in [2.24, 2.45) is 5.73 Å². The van der Waals surface area contributed by atoms with E-state index in [-0.39, 0.29) is 0 Å². The van der Waals surface area contributed by atoms with Crippen molar-refractivity contribution >= 4 is 0 Å². The molecule has 104 valence electrons. The fourth-order valence-corrected chi connectivity index (χ4v) is 4.00. The van der Waals surface area contributed by atoms with Gasteiger partial charge < -0.3 is 5.73 Å². The standard InChI is InChI=1S/C17H26N2/c1-12-3-4-13(2)14(9-12)7-8-19-16-5-6-17(19)11-15(18)10-16/h3-4,9,15-17H,5-8,10-11,18H2,1-2H3. The van der Waals surface area contributed by atoms with E-state index in [0.29, 0.717) is 6.04 Å². The van der Waals surface area contributed by atoms with Crippen LogP contribution in [-0.4, -0.2) is 29.6 Å². The maximum absolute atomic E-state index is 6.14. The largest absolute Gasteiger partial charge is 0.328 e. The topological polar surface area (TPSA) is 29.3 Å². The zero-order valence-corrected chi connectivity index (χ0v) is 12.2. The summed E-state index contributed by atoms with van der Waals surface area (Å²) >= 11 is 0. The van der Waals surface area contributed by atoms with E-state index in [1.54, 1.807) is 0 Å². The van der Waals surface area contributed by atoms with Crippen molar-refractivity contribution in [3.8, 4) is 0 Å². The highest BCUT2D eigenvalue weighted by atomic mass is 15.2. The van der Waals surface area contributed by atoms with Crippen LogP contribution >= 0.6 is 0 Å². The number of benzene rings is 1. The number of nitrogens with zero attached hydrogens (tertiary/aromatic N) is 1. The number of rotatable bonds is 3. The molecule has 2 N–H and O–H groups in total. The first-order valence-electron chi connectivity index (χ1n) is 7.71. The molecule has 2 fully saturated rings. The van der Waals surface area contributed by atoms with E-state index in [9.17, 15) is 0 Å². The molecule has 2 saturated heterocycles. The highest BCUT2D eigenvalue weighted by molar-refractivity contribution is 5.30. The minimum Gasteiger partial charge on any atom is -0.328 e. The van der Waals surface area contributed by atoms with Gasteiger partial charge in [-0.1, -0.05) is 23.8 Å². The first-order chi connectivity index (χ1) is 9.13. The van der Waals surface area contributed by atoms with Gasteiger partial charge in [-0.05, 0) is 57.1 Å². The van der Waals surface area contributed by atoms with Crippen molar-refractivity contribution in [3.63, 3.8) is 0 Å². The number of hydrogen-bond acceptors (Lipinski definition) is 2. The van der Waals surface area contributed by atoms with Gasteiger partial charge >= 0.3 is 0 Å². The molecule has 0 saturated carbocycles. The molecule has 2 aliphatic heterocycles. The molecule has 1 aromatic carbocycles. The molecular formula is C17H26N2. The summed E-state index contributed by atoms with van der Waals surface area (Å²) in [7, 11) is 0. The highest BCUT2D eigenvalue weighted by Gasteiger charge is 2.38. The summed E-state index contributed by atoms with van der Waals surface area (Å²) in [6, 6.07) is 8.80. The molecule has 0 aliphatic carbocycles. The predicted octanol–water partition coefficient (Wildman–Crippen LogP) is 2.80. The zero-order chi connectivity index (χ0) is 13.4. The average Bonchev–Trinajstić information content (AvgIpc) is 2.61. The molecule has 0 radical (unpaired) electrons. The monoisotopic (exact) mass is 258 g/mol. The molecule has 2 aliphatic rings. The number of piperidine rings is 1. The molecule has 0 aromatic heterocycles. The van der Waals surface area contributed by atoms with Gasteiger partial charge in [0.05, 0.1) is 0 Å². The van der Waals surface area contributed by atoms with Crippen LogP contribution in [0.15, 0.2) is 18.2 Å². The quantitative estimate of drug-likeness (QED) is 0.903. The van der Waals surface area contributed by atoms with Gasteiger partial charge in [0.15, 0.2) is 0 Å². The van der Waals surface area contributed by atoms with Gasteiger partial charge in [0, 0.05) is 24.7 Å². The number of nitrogens with two attached hydrogens (primary N) is 1. The van der Waals surface area contributed by atoms with E-state index in [0.717, 1.165) is 12.1 Å². The van der Waals surface area contributed by atoms with Crippen LogP contribution in [-0.2, 0) is 6.42 Å². The SMILES string of the molecule is Cc1ccc(C)c(CCN2C3CCC2CC(N)C3)c1. The van der Waals surface area contributed by atoms with Crippen molar-refractivity contribution in [1.29, 1.82) is 0 Å². The number of fused-ring (bicyclic) bond motifs is 2. The summed E-state index contributed by atoms with van der Waals surface area (Å²) < 4.78 is 0. The van der Waals surface area contributed by atoms with Gasteiger partial charge in [-0.2, -0.15) is 0 Å². The minimum atomic E-state index is 0.453. The fraction of sp³-hybridized carbons (Fsp3) is 0.647. The van der Waals surface area contributed by atoms with Gasteiger partial charge in [0.2, 0.25) is 0 Å². The molecule has 2 unspecified atom stereocenters. The van der Waals surface area contributed by atoms with Crippen LogP contribution in [0.2, 0.25) is 0 Å². The van der Waals surface area contributed by atoms with Gasteiger partial charge in [0.25, 0.3) is 0 Å². The Kier molecular flexibility index (Phi) is 3.64. The molecule has 2 heterocycles. The van der Waals surface area contributed by atoms with Crippen LogP contribution < -0.4 is 5.73 Å². The maximum Gasteiger partial charge on any atom is 0.0114 e. The second-order valence-electron chi connectivity index (χ2n) is 6.53. The summed E-state index contributed by atoms with van der Waals surface area (Å²) in [6.07, 6.45) is 6.35. The summed E-state index contributed by atoms with van der Waals surface area (Å²) in [6.45, 7) is 5.63. The zero-order valence-electron chi connectivity index (χ0n) is 12.2. The van der Waals surface area contributed by atoms with Gasteiger partial charge in [-0.25, -0.2) is 0 Å². The van der Waals surface area contributed by atoms with Gasteiger partial charge in [-0.3, -0.25) is 4.90 Å². The van der Waals surface area contributed by atoms with Crippen LogP contribution in [0.25, 0.3) is 0 Å². The lowest BCUT2D eigenvalue weighted by Crippen LogP contribution is -2.48. The van der Waals surface area contributed by atoms with Gasteiger partial charge in [-0.15, -0.1) is 0 Å². The molecule has 2 bridgehead atoms. The molecular weight excluding hydrogens is 232 g/mol. The molecule has 2 atom stereocenters. The molecule has 0 spiro atoms. The molecule has 19 heavy (non-hydrogen) atoms. The molecule has 0 amide bonds. The van der Waals surface area contributed by atoms with Crippen molar-refractivity contribution in [1.82, 2.24) is 4.90 Å². The predicted molar refractivity (Wildman–Crippen MR) is 80.3 cm³/mol. The Morgan fingerprint density at radius 2 is 1.84 bits per heavy atom. The fourth-order valence-electron chi connectivity index (χ4n) is 4.00. The Balaban J connectivity index is 1.65. The third kappa shape index (κ3) is 2.70. The number of aryl methyl sites for hydroxylation is 2. The van der Waals surface area contributed by atoms with E-state index in [2.05, 4.69) is 36.9 Å². The summed E-state index contributed by atoms with van der Waals surface area (Å²) in [5, 5.41) is 0. The van der Waals surface area contributed by atoms with E-state index < -0.39 is 0 Å². The Morgan fingerprint density at radius 1 is 1.16 bits per heavy atom. The van der Waals surface area contributed by atoms with Gasteiger partial charge in [0.1, 0.15) is 0 Å². The summed E-state index contributed by atoms with van der Waals surface area (Å²) in [5.41, 5.74) is 10.5. The number of hydrogen-bond donors (Lipinski definition) is 1. The van der Waals surface area contributed by atoms with E-state index in [1.165, 1.54) is 55.3 Å². The Bertz CT molecular complexity index is 441. The second kappa shape index (κ2) is 5.26. The minimum absolute atomic E-state index is 0.453. The Labute approximate surface area is 117 Å². The first-order valence-corrected chi connectivity index (χ1v) is 7.71. The van der Waals surface area contributed by atoms with Crippen molar-refractivity contribution < 1.29 is 0 Å². The normalized spacial score (nSPS) is 30.8. The molecule has 2 nitrogen and oxygen atoms in total. The lowest BCUT2D eigenvalue weighted by atomic mass is 9.96. The third-order valence-corrected chi connectivity index (χ3v) is 5.06. The van der Waals surface area contributed by atoms with E-state index in [4.69, 9.17) is 5.73 Å². The van der Waals surface area contributed by atoms with Crippen molar-refractivity contribution in [2.45, 2.75) is 64.1 Å². The lowest BCUT2D eigenvalue weighted by molar-refractivity contribution is 0.129. The third-order valence-electron chi connectivity index (χ3n) is 5.06. The van der Waals surface area contributed by atoms with Crippen LogP contribution in [0.5, 0.6) is 0 Å². The van der Waals surface area contributed by atoms with Crippen LogP contribution in [0.3, 0.4) is 0 Å².